The van der Waals surface area contributed by atoms with Gasteiger partial charge in [-0.1, -0.05) is 23.7 Å². The number of amides is 2. The second kappa shape index (κ2) is 9.88. The summed E-state index contributed by atoms with van der Waals surface area (Å²) in [5.41, 5.74) is -0.642. The highest BCUT2D eigenvalue weighted by atomic mass is 35.5. The number of sulfonamides is 1. The van der Waals surface area contributed by atoms with Crippen molar-refractivity contribution in [3.05, 3.63) is 35.6 Å². The SMILES string of the molecule is CC(C)(C)OC(=O)N1CCO[C@H](C(=O)NC2CCN(S(=O)(=O)c3cccc4cncc(Cl)c34)C2)C1. The number of fused-ring (bicyclic) bond motifs is 1. The van der Waals surface area contributed by atoms with Crippen LogP contribution in [0.25, 0.3) is 10.8 Å². The average molecular weight is 525 g/mol. The van der Waals surface area contributed by atoms with Crippen LogP contribution in [0.3, 0.4) is 0 Å². The van der Waals surface area contributed by atoms with E-state index in [1.165, 1.54) is 21.5 Å². The number of hydrogen-bond acceptors (Lipinski definition) is 7. The Hall–Kier alpha value is -2.47. The molecule has 0 radical (unpaired) electrons. The Balaban J connectivity index is 1.40. The Morgan fingerprint density at radius 1 is 1.20 bits per heavy atom. The fraction of sp³-hybridized carbons (Fsp3) is 0.522. The van der Waals surface area contributed by atoms with Crippen molar-refractivity contribution in [1.29, 1.82) is 0 Å². The van der Waals surface area contributed by atoms with Crippen LogP contribution >= 0.6 is 11.6 Å². The molecular formula is C23H29ClN4O6S. The first-order chi connectivity index (χ1) is 16.5. The van der Waals surface area contributed by atoms with Crippen LogP contribution in [0.1, 0.15) is 27.2 Å². The predicted octanol–water partition coefficient (Wildman–Crippen LogP) is 2.40. The van der Waals surface area contributed by atoms with E-state index in [4.69, 9.17) is 21.1 Å². The maximum atomic E-state index is 13.4. The minimum atomic E-state index is -3.85. The van der Waals surface area contributed by atoms with Gasteiger partial charge in [0.1, 0.15) is 5.60 Å². The summed E-state index contributed by atoms with van der Waals surface area (Å²) in [4.78, 5) is 30.8. The lowest BCUT2D eigenvalue weighted by atomic mass is 10.2. The summed E-state index contributed by atoms with van der Waals surface area (Å²) in [5.74, 6) is -0.387. The molecule has 2 aliphatic rings. The van der Waals surface area contributed by atoms with Crippen molar-refractivity contribution in [2.24, 2.45) is 0 Å². The smallest absolute Gasteiger partial charge is 0.410 e. The lowest BCUT2D eigenvalue weighted by molar-refractivity contribution is -0.138. The highest BCUT2D eigenvalue weighted by Crippen LogP contribution is 2.32. The van der Waals surface area contributed by atoms with Gasteiger partial charge in [0, 0.05) is 48.8 Å². The van der Waals surface area contributed by atoms with E-state index >= 15 is 0 Å². The van der Waals surface area contributed by atoms with E-state index in [0.29, 0.717) is 23.7 Å². The first-order valence-corrected chi connectivity index (χ1v) is 13.2. The number of pyridine rings is 1. The molecule has 12 heteroatoms. The molecule has 1 N–H and O–H groups in total. The zero-order valence-electron chi connectivity index (χ0n) is 19.9. The third-order valence-electron chi connectivity index (χ3n) is 5.82. The normalized spacial score (nSPS) is 21.8. The van der Waals surface area contributed by atoms with Crippen molar-refractivity contribution in [1.82, 2.24) is 19.5 Å². The molecule has 1 aromatic heterocycles. The number of halogens is 1. The molecule has 35 heavy (non-hydrogen) atoms. The number of carbonyl (C=O) groups excluding carboxylic acids is 2. The number of nitrogens with one attached hydrogen (secondary N) is 1. The Bertz CT molecular complexity index is 1230. The van der Waals surface area contributed by atoms with Crippen molar-refractivity contribution in [2.75, 3.05) is 32.8 Å². The van der Waals surface area contributed by atoms with Gasteiger partial charge in [0.15, 0.2) is 6.10 Å². The molecular weight excluding hydrogens is 496 g/mol. The molecule has 0 aliphatic carbocycles. The molecule has 3 heterocycles. The number of aromatic nitrogens is 1. The molecule has 4 rings (SSSR count). The number of ether oxygens (including phenoxy) is 2. The van der Waals surface area contributed by atoms with Crippen molar-refractivity contribution in [3.63, 3.8) is 0 Å². The molecule has 0 spiro atoms. The van der Waals surface area contributed by atoms with Crippen molar-refractivity contribution in [2.45, 2.75) is 49.8 Å². The van der Waals surface area contributed by atoms with Crippen LogP contribution < -0.4 is 5.32 Å². The van der Waals surface area contributed by atoms with Gasteiger partial charge in [-0.05, 0) is 33.3 Å². The minimum Gasteiger partial charge on any atom is -0.444 e. The van der Waals surface area contributed by atoms with E-state index in [1.807, 2.05) is 0 Å². The fourth-order valence-corrected chi connectivity index (χ4v) is 6.23. The van der Waals surface area contributed by atoms with E-state index in [0.717, 1.165) is 0 Å². The van der Waals surface area contributed by atoms with Crippen LogP contribution in [0.2, 0.25) is 5.02 Å². The summed E-state index contributed by atoms with van der Waals surface area (Å²) in [5, 5.41) is 4.19. The molecule has 2 atom stereocenters. The average Bonchev–Trinajstić information content (AvgIpc) is 3.27. The number of carbonyl (C=O) groups is 2. The van der Waals surface area contributed by atoms with Gasteiger partial charge in [-0.25, -0.2) is 13.2 Å². The van der Waals surface area contributed by atoms with E-state index in [1.54, 1.807) is 39.1 Å². The molecule has 2 saturated heterocycles. The maximum absolute atomic E-state index is 13.4. The molecule has 190 valence electrons. The van der Waals surface area contributed by atoms with Gasteiger partial charge in [0.25, 0.3) is 5.91 Å². The van der Waals surface area contributed by atoms with Gasteiger partial charge in [-0.15, -0.1) is 0 Å². The largest absolute Gasteiger partial charge is 0.444 e. The Morgan fingerprint density at radius 3 is 2.71 bits per heavy atom. The molecule has 0 saturated carbocycles. The van der Waals surface area contributed by atoms with Gasteiger partial charge in [-0.3, -0.25) is 9.78 Å². The second-order valence-corrected chi connectivity index (χ2v) is 11.9. The molecule has 1 aromatic carbocycles. The van der Waals surface area contributed by atoms with Gasteiger partial charge >= 0.3 is 6.09 Å². The standard InChI is InChI=1S/C23H29ClN4O6S/c1-23(2,3)34-22(30)27-9-10-33-18(14-27)21(29)26-16-7-8-28(13-16)35(31,32)19-6-4-5-15-11-25-12-17(24)20(15)19/h4-6,11-12,16,18H,7-10,13-14H2,1-3H3,(H,26,29)/t16?,18-/m0/s1. The van der Waals surface area contributed by atoms with Crippen molar-refractivity contribution in [3.8, 4) is 0 Å². The van der Waals surface area contributed by atoms with Gasteiger partial charge < -0.3 is 19.7 Å². The number of morpholine rings is 1. The number of hydrogen-bond donors (Lipinski definition) is 1. The molecule has 2 amide bonds. The number of rotatable bonds is 4. The van der Waals surface area contributed by atoms with Crippen molar-refractivity contribution < 1.29 is 27.5 Å². The van der Waals surface area contributed by atoms with Crippen LogP contribution in [-0.2, 0) is 24.3 Å². The van der Waals surface area contributed by atoms with Gasteiger partial charge in [0.2, 0.25) is 10.0 Å². The molecule has 0 bridgehead atoms. The third kappa shape index (κ3) is 5.69. The molecule has 1 unspecified atom stereocenters. The lowest BCUT2D eigenvalue weighted by Crippen LogP contribution is -2.54. The highest BCUT2D eigenvalue weighted by molar-refractivity contribution is 7.89. The lowest BCUT2D eigenvalue weighted by Gasteiger charge is -2.34. The second-order valence-electron chi connectivity index (χ2n) is 9.62. The third-order valence-corrected chi connectivity index (χ3v) is 8.02. The summed E-state index contributed by atoms with van der Waals surface area (Å²) in [6.45, 7) is 6.31. The molecule has 2 aliphatic heterocycles. The fourth-order valence-electron chi connectivity index (χ4n) is 4.17. The maximum Gasteiger partial charge on any atom is 0.410 e. The Labute approximate surface area is 209 Å². The van der Waals surface area contributed by atoms with Crippen LogP contribution in [0.5, 0.6) is 0 Å². The van der Waals surface area contributed by atoms with Crippen LogP contribution in [0.15, 0.2) is 35.5 Å². The highest BCUT2D eigenvalue weighted by Gasteiger charge is 2.37. The molecule has 10 nitrogen and oxygen atoms in total. The van der Waals surface area contributed by atoms with E-state index < -0.39 is 27.8 Å². The predicted molar refractivity (Wildman–Crippen MR) is 130 cm³/mol. The zero-order chi connectivity index (χ0) is 25.4. The Morgan fingerprint density at radius 2 is 1.97 bits per heavy atom. The summed E-state index contributed by atoms with van der Waals surface area (Å²) in [7, 11) is -3.85. The number of benzene rings is 1. The summed E-state index contributed by atoms with van der Waals surface area (Å²) >= 11 is 6.27. The topological polar surface area (TPSA) is 118 Å². The summed E-state index contributed by atoms with van der Waals surface area (Å²) in [6.07, 6.45) is 2.08. The van der Waals surface area contributed by atoms with Gasteiger partial charge in [-0.2, -0.15) is 4.31 Å². The molecule has 2 fully saturated rings. The van der Waals surface area contributed by atoms with Gasteiger partial charge in [0.05, 0.1) is 23.1 Å². The van der Waals surface area contributed by atoms with Crippen LogP contribution in [0.4, 0.5) is 4.79 Å². The quantitative estimate of drug-likeness (QED) is 0.652. The first kappa shape index (κ1) is 25.6. The monoisotopic (exact) mass is 524 g/mol. The van der Waals surface area contributed by atoms with Crippen LogP contribution in [-0.4, -0.2) is 85.1 Å². The van der Waals surface area contributed by atoms with Crippen molar-refractivity contribution >= 4 is 44.4 Å². The summed E-state index contributed by atoms with van der Waals surface area (Å²) < 4.78 is 39.1. The zero-order valence-corrected chi connectivity index (χ0v) is 21.4. The van der Waals surface area contributed by atoms with Crippen LogP contribution in [0, 0.1) is 0 Å². The minimum absolute atomic E-state index is 0.0675. The first-order valence-electron chi connectivity index (χ1n) is 11.4. The Kier molecular flexibility index (Phi) is 7.23. The van der Waals surface area contributed by atoms with E-state index in [9.17, 15) is 18.0 Å². The van der Waals surface area contributed by atoms with E-state index in [2.05, 4.69) is 10.3 Å². The summed E-state index contributed by atoms with van der Waals surface area (Å²) in [6, 6.07) is 4.55. The molecule has 2 aromatic rings. The number of nitrogens with zero attached hydrogens (tertiary/aromatic N) is 3. The van der Waals surface area contributed by atoms with E-state index in [-0.39, 0.29) is 48.1 Å².